The number of nitro benzene ring substituents is 1. The Balaban J connectivity index is 2.43. The molecule has 8 heteroatoms. The summed E-state index contributed by atoms with van der Waals surface area (Å²) in [6, 6.07) is 3.53. The summed E-state index contributed by atoms with van der Waals surface area (Å²) in [5.41, 5.74) is 5.67. The van der Waals surface area contributed by atoms with Crippen molar-refractivity contribution in [1.29, 1.82) is 0 Å². The van der Waals surface area contributed by atoms with E-state index in [1.54, 1.807) is 12.1 Å². The zero-order chi connectivity index (χ0) is 15.1. The van der Waals surface area contributed by atoms with E-state index in [9.17, 15) is 14.9 Å². The van der Waals surface area contributed by atoms with Crippen LogP contribution in [0.2, 0.25) is 5.02 Å². The van der Waals surface area contributed by atoms with E-state index >= 15 is 0 Å². The van der Waals surface area contributed by atoms with Gasteiger partial charge in [0.05, 0.1) is 4.92 Å². The molecule has 0 radical (unpaired) electrons. The zero-order valence-electron chi connectivity index (χ0n) is 10.7. The van der Waals surface area contributed by atoms with Gasteiger partial charge in [0.1, 0.15) is 11.7 Å². The van der Waals surface area contributed by atoms with Crippen LogP contribution >= 0.6 is 11.6 Å². The monoisotopic (exact) mass is 301 g/mol. The Morgan fingerprint density at radius 3 is 2.80 bits per heavy atom. The summed E-state index contributed by atoms with van der Waals surface area (Å²) < 4.78 is 0. The quantitative estimate of drug-likeness (QED) is 0.385. The van der Waals surface area contributed by atoms with Crippen molar-refractivity contribution >= 4 is 28.9 Å². The summed E-state index contributed by atoms with van der Waals surface area (Å²) >= 11 is 5.71. The van der Waals surface area contributed by atoms with E-state index in [0.29, 0.717) is 36.5 Å². The summed E-state index contributed by atoms with van der Waals surface area (Å²) in [4.78, 5) is 20.9. The molecule has 1 aromatic rings. The van der Waals surface area contributed by atoms with Gasteiger partial charge in [0, 0.05) is 17.6 Å². The second-order valence-corrected chi connectivity index (χ2v) is 4.72. The number of carboxylic acids is 1. The second-order valence-electron chi connectivity index (χ2n) is 4.29. The number of nitro groups is 1. The average Bonchev–Trinajstić information content (AvgIpc) is 2.39. The molecular formula is C12H16ClN3O4. The highest BCUT2D eigenvalue weighted by Crippen LogP contribution is 2.27. The molecule has 0 bridgehead atoms. The molecule has 0 saturated heterocycles. The van der Waals surface area contributed by atoms with E-state index in [-0.39, 0.29) is 5.69 Å². The number of aliphatic carboxylic acids is 1. The maximum atomic E-state index is 10.9. The summed E-state index contributed by atoms with van der Waals surface area (Å²) in [6.07, 6.45) is 1.67. The SMILES string of the molecule is N[C@H](CCCCNc1ccc(Cl)cc1[N+](=O)[O-])C(=O)O. The maximum Gasteiger partial charge on any atom is 0.320 e. The number of nitrogens with zero attached hydrogens (tertiary/aromatic N) is 1. The number of rotatable bonds is 8. The molecule has 0 unspecified atom stereocenters. The molecule has 0 amide bonds. The molecule has 0 saturated carbocycles. The number of benzene rings is 1. The average molecular weight is 302 g/mol. The minimum absolute atomic E-state index is 0.0836. The third-order valence-electron chi connectivity index (χ3n) is 2.73. The lowest BCUT2D eigenvalue weighted by Gasteiger charge is -2.08. The molecule has 1 atom stereocenters. The van der Waals surface area contributed by atoms with Crippen LogP contribution in [0.4, 0.5) is 11.4 Å². The zero-order valence-corrected chi connectivity index (χ0v) is 11.5. The standard InChI is InChI=1S/C12H16ClN3O4/c13-8-4-5-10(11(7-8)16(19)20)15-6-2-1-3-9(14)12(17)18/h4-5,7,9,15H,1-3,6,14H2,(H,17,18)/t9-/m1/s1. The topological polar surface area (TPSA) is 118 Å². The molecule has 0 spiro atoms. The van der Waals surface area contributed by atoms with Crippen molar-refractivity contribution in [2.75, 3.05) is 11.9 Å². The second kappa shape index (κ2) is 7.66. The van der Waals surface area contributed by atoms with Gasteiger partial charge in [-0.1, -0.05) is 11.6 Å². The fraction of sp³-hybridized carbons (Fsp3) is 0.417. The number of unbranched alkanes of at least 4 members (excludes halogenated alkanes) is 1. The first kappa shape index (κ1) is 16.2. The molecule has 0 heterocycles. The molecule has 1 aromatic carbocycles. The van der Waals surface area contributed by atoms with Gasteiger partial charge in [-0.3, -0.25) is 14.9 Å². The summed E-state index contributed by atoms with van der Waals surface area (Å²) in [6.45, 7) is 0.495. The van der Waals surface area contributed by atoms with Gasteiger partial charge in [-0.15, -0.1) is 0 Å². The van der Waals surface area contributed by atoms with Crippen LogP contribution in [0.25, 0.3) is 0 Å². The third kappa shape index (κ3) is 5.02. The van der Waals surface area contributed by atoms with Crippen molar-refractivity contribution in [1.82, 2.24) is 0 Å². The van der Waals surface area contributed by atoms with Gasteiger partial charge in [-0.25, -0.2) is 0 Å². The van der Waals surface area contributed by atoms with Crippen LogP contribution in [0.3, 0.4) is 0 Å². The smallest absolute Gasteiger partial charge is 0.320 e. The molecule has 0 aliphatic carbocycles. The van der Waals surface area contributed by atoms with Gasteiger partial charge in [-0.2, -0.15) is 0 Å². The van der Waals surface area contributed by atoms with Crippen molar-refractivity contribution in [3.05, 3.63) is 33.3 Å². The maximum absolute atomic E-state index is 10.9. The fourth-order valence-corrected chi connectivity index (χ4v) is 1.81. The first-order valence-electron chi connectivity index (χ1n) is 6.08. The van der Waals surface area contributed by atoms with E-state index in [2.05, 4.69) is 5.32 Å². The lowest BCUT2D eigenvalue weighted by Crippen LogP contribution is -2.29. The summed E-state index contributed by atoms with van der Waals surface area (Å²) in [5.74, 6) is -1.02. The molecule has 1 rings (SSSR count). The minimum atomic E-state index is -1.02. The molecule has 7 nitrogen and oxygen atoms in total. The largest absolute Gasteiger partial charge is 0.480 e. The van der Waals surface area contributed by atoms with E-state index in [0.717, 1.165) is 0 Å². The molecule has 110 valence electrons. The number of carbonyl (C=O) groups is 1. The predicted octanol–water partition coefficient (Wildman–Crippen LogP) is 2.24. The highest BCUT2D eigenvalue weighted by molar-refractivity contribution is 6.30. The van der Waals surface area contributed by atoms with Crippen molar-refractivity contribution < 1.29 is 14.8 Å². The van der Waals surface area contributed by atoms with E-state index in [4.69, 9.17) is 22.4 Å². The summed E-state index contributed by atoms with van der Waals surface area (Å²) in [5, 5.41) is 22.7. The lowest BCUT2D eigenvalue weighted by atomic mass is 10.1. The molecule has 0 aliphatic heterocycles. The molecule has 0 aromatic heterocycles. The first-order chi connectivity index (χ1) is 9.41. The normalized spacial score (nSPS) is 11.9. The highest BCUT2D eigenvalue weighted by Gasteiger charge is 2.14. The Kier molecular flexibility index (Phi) is 6.20. The van der Waals surface area contributed by atoms with Crippen molar-refractivity contribution in [2.24, 2.45) is 5.73 Å². The van der Waals surface area contributed by atoms with Crippen molar-refractivity contribution in [3.8, 4) is 0 Å². The molecule has 4 N–H and O–H groups in total. The number of hydrogen-bond donors (Lipinski definition) is 3. The highest BCUT2D eigenvalue weighted by atomic mass is 35.5. The van der Waals surface area contributed by atoms with Crippen molar-refractivity contribution in [3.63, 3.8) is 0 Å². The number of hydrogen-bond acceptors (Lipinski definition) is 5. The molecular weight excluding hydrogens is 286 g/mol. The van der Waals surface area contributed by atoms with Crippen LogP contribution in [0.15, 0.2) is 18.2 Å². The number of carboxylic acid groups (broad SMARTS) is 1. The van der Waals surface area contributed by atoms with Crippen LogP contribution in [0.5, 0.6) is 0 Å². The Morgan fingerprint density at radius 1 is 1.50 bits per heavy atom. The van der Waals surface area contributed by atoms with Crippen LogP contribution < -0.4 is 11.1 Å². The Bertz CT molecular complexity index is 496. The van der Waals surface area contributed by atoms with Crippen LogP contribution in [0, 0.1) is 10.1 Å². The van der Waals surface area contributed by atoms with E-state index < -0.39 is 16.9 Å². The third-order valence-corrected chi connectivity index (χ3v) is 2.97. The number of anilines is 1. The lowest BCUT2D eigenvalue weighted by molar-refractivity contribution is -0.383. The van der Waals surface area contributed by atoms with E-state index in [1.165, 1.54) is 6.07 Å². The van der Waals surface area contributed by atoms with Gasteiger partial charge in [0.15, 0.2) is 0 Å². The minimum Gasteiger partial charge on any atom is -0.480 e. The summed E-state index contributed by atoms with van der Waals surface area (Å²) in [7, 11) is 0. The first-order valence-corrected chi connectivity index (χ1v) is 6.46. The van der Waals surface area contributed by atoms with Gasteiger partial charge in [0.2, 0.25) is 0 Å². The van der Waals surface area contributed by atoms with Gasteiger partial charge < -0.3 is 16.2 Å². The predicted molar refractivity (Wildman–Crippen MR) is 76.1 cm³/mol. The van der Waals surface area contributed by atoms with Crippen LogP contribution in [0.1, 0.15) is 19.3 Å². The van der Waals surface area contributed by atoms with Crippen LogP contribution in [-0.4, -0.2) is 28.6 Å². The number of halogens is 1. The molecule has 0 aliphatic rings. The van der Waals surface area contributed by atoms with E-state index in [1.807, 2.05) is 0 Å². The van der Waals surface area contributed by atoms with Crippen molar-refractivity contribution in [2.45, 2.75) is 25.3 Å². The molecule has 0 fully saturated rings. The van der Waals surface area contributed by atoms with Gasteiger partial charge >= 0.3 is 5.97 Å². The number of nitrogens with two attached hydrogens (primary N) is 1. The molecule has 20 heavy (non-hydrogen) atoms. The number of nitrogens with one attached hydrogen (secondary N) is 1. The van der Waals surface area contributed by atoms with Gasteiger partial charge in [-0.05, 0) is 31.4 Å². The Labute approximate surface area is 120 Å². The Morgan fingerprint density at radius 2 is 2.20 bits per heavy atom. The van der Waals surface area contributed by atoms with Gasteiger partial charge in [0.25, 0.3) is 5.69 Å². The Hall–Kier alpha value is -1.86. The fourth-order valence-electron chi connectivity index (χ4n) is 1.64. The van der Waals surface area contributed by atoms with Crippen LogP contribution in [-0.2, 0) is 4.79 Å².